The molecule has 0 saturated carbocycles. The Morgan fingerprint density at radius 1 is 1.19 bits per heavy atom. The molecule has 16 heavy (non-hydrogen) atoms. The molecule has 0 fully saturated rings. The SMILES string of the molecule is C=C(C)C(=O)CCOP(=O)(OCC)OCC. The normalized spacial score (nSPS) is 11.4. The molecule has 0 aliphatic rings. The molecular formula is C10H19O5P. The van der Waals surface area contributed by atoms with Crippen LogP contribution >= 0.6 is 7.82 Å². The van der Waals surface area contributed by atoms with Gasteiger partial charge in [0.1, 0.15) is 0 Å². The van der Waals surface area contributed by atoms with Crippen molar-refractivity contribution in [3.63, 3.8) is 0 Å². The van der Waals surface area contributed by atoms with Gasteiger partial charge in [0.2, 0.25) is 0 Å². The maximum Gasteiger partial charge on any atom is 0.474 e. The van der Waals surface area contributed by atoms with E-state index in [0.29, 0.717) is 5.57 Å². The third-order valence-electron chi connectivity index (χ3n) is 1.63. The van der Waals surface area contributed by atoms with E-state index in [1.807, 2.05) is 0 Å². The van der Waals surface area contributed by atoms with Crippen LogP contribution in [0.4, 0.5) is 0 Å². The monoisotopic (exact) mass is 250 g/mol. The van der Waals surface area contributed by atoms with Gasteiger partial charge in [0.25, 0.3) is 0 Å². The zero-order valence-electron chi connectivity index (χ0n) is 10.0. The van der Waals surface area contributed by atoms with Gasteiger partial charge in [0.15, 0.2) is 5.78 Å². The second-order valence-electron chi connectivity index (χ2n) is 3.07. The lowest BCUT2D eigenvalue weighted by molar-refractivity contribution is -0.116. The number of hydrogen-bond acceptors (Lipinski definition) is 5. The summed E-state index contributed by atoms with van der Waals surface area (Å²) in [6.45, 7) is 8.96. The summed E-state index contributed by atoms with van der Waals surface area (Å²) in [5.74, 6) is -0.125. The molecule has 0 aromatic carbocycles. The minimum atomic E-state index is -3.49. The van der Waals surface area contributed by atoms with Gasteiger partial charge < -0.3 is 0 Å². The first kappa shape index (κ1) is 15.5. The second-order valence-corrected chi connectivity index (χ2v) is 4.74. The molecule has 0 aromatic rings. The minimum absolute atomic E-state index is 0.00295. The summed E-state index contributed by atoms with van der Waals surface area (Å²) in [5.41, 5.74) is 0.450. The van der Waals surface area contributed by atoms with Crippen LogP contribution in [0.25, 0.3) is 0 Å². The van der Waals surface area contributed by atoms with Crippen LogP contribution in [-0.4, -0.2) is 25.6 Å². The van der Waals surface area contributed by atoms with Crippen LogP contribution in [0.3, 0.4) is 0 Å². The van der Waals surface area contributed by atoms with E-state index in [9.17, 15) is 9.36 Å². The van der Waals surface area contributed by atoms with E-state index < -0.39 is 7.82 Å². The standard InChI is InChI=1S/C10H19O5P/c1-5-13-16(12,14-6-2)15-8-7-10(11)9(3)4/h3,5-8H2,1-2,4H3. The van der Waals surface area contributed by atoms with Crippen LogP contribution in [-0.2, 0) is 22.9 Å². The van der Waals surface area contributed by atoms with Crippen molar-refractivity contribution in [2.45, 2.75) is 27.2 Å². The second kappa shape index (κ2) is 7.74. The molecule has 0 unspecified atom stereocenters. The molecule has 0 N–H and O–H groups in total. The van der Waals surface area contributed by atoms with Crippen molar-refractivity contribution < 1.29 is 22.9 Å². The first-order valence-electron chi connectivity index (χ1n) is 5.17. The Balaban J connectivity index is 4.08. The number of carbonyl (C=O) groups is 1. The maximum absolute atomic E-state index is 11.8. The van der Waals surface area contributed by atoms with Crippen molar-refractivity contribution in [3.05, 3.63) is 12.2 Å². The Bertz CT molecular complexity index is 277. The van der Waals surface area contributed by atoms with Gasteiger partial charge in [-0.25, -0.2) is 4.57 Å². The van der Waals surface area contributed by atoms with Crippen LogP contribution in [0.2, 0.25) is 0 Å². The van der Waals surface area contributed by atoms with E-state index in [4.69, 9.17) is 13.6 Å². The molecule has 0 spiro atoms. The Hall–Kier alpha value is -0.480. The van der Waals surface area contributed by atoms with Crippen LogP contribution < -0.4 is 0 Å². The summed E-state index contributed by atoms with van der Waals surface area (Å²) in [7, 11) is -3.49. The van der Waals surface area contributed by atoms with Crippen molar-refractivity contribution in [3.8, 4) is 0 Å². The number of hydrogen-bond donors (Lipinski definition) is 0. The van der Waals surface area contributed by atoms with Gasteiger partial charge in [-0.1, -0.05) is 6.58 Å². The topological polar surface area (TPSA) is 61.8 Å². The fraction of sp³-hybridized carbons (Fsp3) is 0.700. The maximum atomic E-state index is 11.8. The van der Waals surface area contributed by atoms with Gasteiger partial charge in [-0.05, 0) is 26.3 Å². The van der Waals surface area contributed by atoms with Gasteiger partial charge in [-0.2, -0.15) is 0 Å². The largest absolute Gasteiger partial charge is 0.474 e. The smallest absolute Gasteiger partial charge is 0.294 e. The third-order valence-corrected chi connectivity index (χ3v) is 3.28. The van der Waals surface area contributed by atoms with Gasteiger partial charge in [0, 0.05) is 6.42 Å². The molecule has 0 aliphatic carbocycles. The van der Waals surface area contributed by atoms with E-state index in [2.05, 4.69) is 6.58 Å². The number of carbonyl (C=O) groups excluding carboxylic acids is 1. The highest BCUT2D eigenvalue weighted by Gasteiger charge is 2.25. The van der Waals surface area contributed by atoms with Gasteiger partial charge in [-0.3, -0.25) is 18.4 Å². The molecule has 0 heterocycles. The third kappa shape index (κ3) is 6.18. The average Bonchev–Trinajstić information content (AvgIpc) is 2.17. The summed E-state index contributed by atoms with van der Waals surface area (Å²) >= 11 is 0. The molecule has 94 valence electrons. The lowest BCUT2D eigenvalue weighted by Gasteiger charge is -2.15. The minimum Gasteiger partial charge on any atom is -0.294 e. The number of ketones is 1. The molecule has 0 saturated heterocycles. The summed E-state index contributed by atoms with van der Waals surface area (Å²) in [6.07, 6.45) is 0.124. The lowest BCUT2D eigenvalue weighted by Crippen LogP contribution is -2.06. The van der Waals surface area contributed by atoms with Crippen molar-refractivity contribution in [2.75, 3.05) is 19.8 Å². The molecule has 0 amide bonds. The van der Waals surface area contributed by atoms with E-state index in [0.717, 1.165) is 0 Å². The molecule has 5 nitrogen and oxygen atoms in total. The highest BCUT2D eigenvalue weighted by atomic mass is 31.2. The Morgan fingerprint density at radius 3 is 2.06 bits per heavy atom. The molecule has 6 heteroatoms. The summed E-state index contributed by atoms with van der Waals surface area (Å²) in [5, 5.41) is 0. The fourth-order valence-electron chi connectivity index (χ4n) is 0.892. The lowest BCUT2D eigenvalue weighted by atomic mass is 10.2. The molecule has 0 rings (SSSR count). The number of allylic oxidation sites excluding steroid dienone is 1. The molecule has 0 bridgehead atoms. The van der Waals surface area contributed by atoms with Crippen molar-refractivity contribution >= 4 is 13.6 Å². The first-order valence-corrected chi connectivity index (χ1v) is 6.63. The molecule has 0 aromatic heterocycles. The number of Topliss-reactive ketones (excluding diaryl/α,β-unsaturated/α-hetero) is 1. The quantitative estimate of drug-likeness (QED) is 0.465. The summed E-state index contributed by atoms with van der Waals surface area (Å²) in [6, 6.07) is 0. The fourth-order valence-corrected chi connectivity index (χ4v) is 2.06. The Morgan fingerprint density at radius 2 is 1.69 bits per heavy atom. The van der Waals surface area contributed by atoms with Crippen LogP contribution in [0.5, 0.6) is 0 Å². The Labute approximate surface area is 96.4 Å². The zero-order chi connectivity index (χ0) is 12.6. The van der Waals surface area contributed by atoms with Gasteiger partial charge in [0.05, 0.1) is 19.8 Å². The summed E-state index contributed by atoms with van der Waals surface area (Å²) in [4.78, 5) is 11.2. The highest BCUT2D eigenvalue weighted by molar-refractivity contribution is 7.48. The van der Waals surface area contributed by atoms with Crippen LogP contribution in [0, 0.1) is 0 Å². The van der Waals surface area contributed by atoms with E-state index >= 15 is 0 Å². The predicted molar refractivity (Wildman–Crippen MR) is 61.2 cm³/mol. The molecular weight excluding hydrogens is 231 g/mol. The molecule has 0 aliphatic heterocycles. The van der Waals surface area contributed by atoms with Gasteiger partial charge in [-0.15, -0.1) is 0 Å². The molecule has 0 radical (unpaired) electrons. The van der Waals surface area contributed by atoms with E-state index in [1.165, 1.54) is 0 Å². The van der Waals surface area contributed by atoms with Crippen LogP contribution in [0.1, 0.15) is 27.2 Å². The number of phosphoric acid groups is 1. The average molecular weight is 250 g/mol. The zero-order valence-corrected chi connectivity index (χ0v) is 10.9. The van der Waals surface area contributed by atoms with Crippen molar-refractivity contribution in [1.82, 2.24) is 0 Å². The first-order chi connectivity index (χ1) is 7.45. The van der Waals surface area contributed by atoms with Gasteiger partial charge >= 0.3 is 7.82 Å². The Kier molecular flexibility index (Phi) is 7.51. The van der Waals surface area contributed by atoms with Crippen molar-refractivity contribution in [1.29, 1.82) is 0 Å². The predicted octanol–water partition coefficient (Wildman–Crippen LogP) is 2.72. The highest BCUT2D eigenvalue weighted by Crippen LogP contribution is 2.49. The van der Waals surface area contributed by atoms with Crippen molar-refractivity contribution in [2.24, 2.45) is 0 Å². The van der Waals surface area contributed by atoms with E-state index in [-0.39, 0.29) is 32.0 Å². The van der Waals surface area contributed by atoms with Crippen LogP contribution in [0.15, 0.2) is 12.2 Å². The molecule has 0 atom stereocenters. The van der Waals surface area contributed by atoms with E-state index in [1.54, 1.807) is 20.8 Å². The summed E-state index contributed by atoms with van der Waals surface area (Å²) < 4.78 is 26.5. The number of rotatable bonds is 9. The number of phosphoric ester groups is 1.